The molecule has 0 saturated heterocycles. The summed E-state index contributed by atoms with van der Waals surface area (Å²) < 4.78 is 29.2. The molecule has 1 aromatic carbocycles. The maximum absolute atomic E-state index is 14.6. The van der Waals surface area contributed by atoms with Gasteiger partial charge in [0.15, 0.2) is 11.6 Å². The SMILES string of the molecule is N#Cc1cnc(N[C@H]2[C@@H](NC(=O)O)CCCC2(F)F)nc1Nc1cccc(-c2ncccn2)c1. The van der Waals surface area contributed by atoms with Crippen molar-refractivity contribution in [2.24, 2.45) is 0 Å². The van der Waals surface area contributed by atoms with Crippen molar-refractivity contribution in [3.05, 3.63) is 54.5 Å². The van der Waals surface area contributed by atoms with Crippen LogP contribution in [0.15, 0.2) is 48.9 Å². The van der Waals surface area contributed by atoms with Crippen molar-refractivity contribution in [3.63, 3.8) is 0 Å². The molecule has 2 aromatic heterocycles. The average Bonchev–Trinajstić information content (AvgIpc) is 2.82. The number of benzene rings is 1. The van der Waals surface area contributed by atoms with E-state index in [0.29, 0.717) is 11.5 Å². The van der Waals surface area contributed by atoms with Crippen molar-refractivity contribution in [2.45, 2.75) is 37.3 Å². The van der Waals surface area contributed by atoms with E-state index in [4.69, 9.17) is 5.11 Å². The number of hydrogen-bond donors (Lipinski definition) is 4. The maximum atomic E-state index is 14.6. The lowest BCUT2D eigenvalue weighted by molar-refractivity contribution is -0.0549. The Balaban J connectivity index is 1.60. The summed E-state index contributed by atoms with van der Waals surface area (Å²) in [4.78, 5) is 27.7. The number of rotatable bonds is 6. The van der Waals surface area contributed by atoms with Crippen LogP contribution in [0.5, 0.6) is 0 Å². The van der Waals surface area contributed by atoms with E-state index < -0.39 is 30.5 Å². The molecule has 0 aliphatic heterocycles. The Hall–Kier alpha value is -4.40. The van der Waals surface area contributed by atoms with Gasteiger partial charge in [-0.3, -0.25) is 0 Å². The van der Waals surface area contributed by atoms with Crippen LogP contribution in [0.2, 0.25) is 0 Å². The largest absolute Gasteiger partial charge is 0.465 e. The molecule has 1 aliphatic carbocycles. The van der Waals surface area contributed by atoms with Gasteiger partial charge in [-0.1, -0.05) is 12.1 Å². The fourth-order valence-electron chi connectivity index (χ4n) is 3.78. The minimum absolute atomic E-state index is 0.0996. The summed E-state index contributed by atoms with van der Waals surface area (Å²) in [7, 11) is 0. The van der Waals surface area contributed by atoms with Crippen LogP contribution in [0.25, 0.3) is 11.4 Å². The number of nitrogens with one attached hydrogen (secondary N) is 3. The van der Waals surface area contributed by atoms with Crippen LogP contribution >= 0.6 is 0 Å². The normalized spacial score (nSPS) is 19.0. The number of nitriles is 1. The number of aromatic nitrogens is 4. The van der Waals surface area contributed by atoms with Gasteiger partial charge in [-0.15, -0.1) is 0 Å². The second-order valence-corrected chi connectivity index (χ2v) is 7.68. The molecule has 3 aromatic rings. The molecular formula is C22H20F2N8O2. The summed E-state index contributed by atoms with van der Waals surface area (Å²) in [5.41, 5.74) is 1.39. The summed E-state index contributed by atoms with van der Waals surface area (Å²) in [6, 6.07) is 8.18. The molecule has 4 rings (SSSR count). The first-order valence-electron chi connectivity index (χ1n) is 10.4. The maximum Gasteiger partial charge on any atom is 0.404 e. The summed E-state index contributed by atoms with van der Waals surface area (Å²) in [5, 5.41) is 26.2. The Morgan fingerprint density at radius 1 is 1.21 bits per heavy atom. The predicted molar refractivity (Wildman–Crippen MR) is 119 cm³/mol. The first-order valence-corrected chi connectivity index (χ1v) is 10.4. The van der Waals surface area contributed by atoms with Gasteiger partial charge in [-0.2, -0.15) is 10.2 Å². The molecule has 1 aliphatic rings. The number of carbonyl (C=O) groups is 1. The third-order valence-electron chi connectivity index (χ3n) is 5.33. The number of nitrogens with zero attached hydrogens (tertiary/aromatic N) is 5. The van der Waals surface area contributed by atoms with Crippen LogP contribution in [0.4, 0.5) is 31.0 Å². The Morgan fingerprint density at radius 2 is 2.00 bits per heavy atom. The molecule has 0 bridgehead atoms. The standard InChI is InChI=1S/C22H20F2N8O2/c23-22(24)7-2-6-16(30-21(33)34)17(22)31-20-28-12-14(11-25)19(32-20)29-15-5-1-4-13(10-15)18-26-8-3-9-27-18/h1,3-5,8-10,12,16-17,30H,2,6-7H2,(H,33,34)(H2,28,29,31,32)/t16-,17-/m0/s1. The van der Waals surface area contributed by atoms with Crippen molar-refractivity contribution in [3.8, 4) is 17.5 Å². The van der Waals surface area contributed by atoms with E-state index in [1.54, 1.807) is 36.7 Å². The minimum atomic E-state index is -3.18. The smallest absolute Gasteiger partial charge is 0.404 e. The summed E-state index contributed by atoms with van der Waals surface area (Å²) in [6.45, 7) is 0. The average molecular weight is 466 g/mol. The van der Waals surface area contributed by atoms with E-state index in [0.717, 1.165) is 5.56 Å². The molecule has 10 nitrogen and oxygen atoms in total. The third-order valence-corrected chi connectivity index (χ3v) is 5.33. The van der Waals surface area contributed by atoms with Crippen molar-refractivity contribution in [1.82, 2.24) is 25.3 Å². The molecular weight excluding hydrogens is 446 g/mol. The van der Waals surface area contributed by atoms with Crippen LogP contribution in [-0.2, 0) is 0 Å². The Bertz CT molecular complexity index is 1220. The molecule has 174 valence electrons. The fourth-order valence-corrected chi connectivity index (χ4v) is 3.78. The first kappa shape index (κ1) is 22.8. The van der Waals surface area contributed by atoms with Gasteiger partial charge in [0, 0.05) is 30.1 Å². The van der Waals surface area contributed by atoms with E-state index >= 15 is 0 Å². The van der Waals surface area contributed by atoms with Gasteiger partial charge < -0.3 is 21.1 Å². The fraction of sp³-hybridized carbons (Fsp3) is 0.273. The van der Waals surface area contributed by atoms with Gasteiger partial charge in [-0.05, 0) is 31.0 Å². The van der Waals surface area contributed by atoms with Gasteiger partial charge in [0.05, 0.1) is 12.2 Å². The first-order chi connectivity index (χ1) is 16.4. The van der Waals surface area contributed by atoms with Crippen LogP contribution < -0.4 is 16.0 Å². The number of alkyl halides is 2. The van der Waals surface area contributed by atoms with Crippen molar-refractivity contribution in [2.75, 3.05) is 10.6 Å². The van der Waals surface area contributed by atoms with Crippen LogP contribution in [-0.4, -0.2) is 49.1 Å². The van der Waals surface area contributed by atoms with Crippen molar-refractivity contribution in [1.29, 1.82) is 5.26 Å². The highest BCUT2D eigenvalue weighted by Crippen LogP contribution is 2.35. The minimum Gasteiger partial charge on any atom is -0.465 e. The molecule has 0 radical (unpaired) electrons. The Morgan fingerprint density at radius 3 is 2.74 bits per heavy atom. The summed E-state index contributed by atoms with van der Waals surface area (Å²) in [6.07, 6.45) is 3.09. The van der Waals surface area contributed by atoms with Gasteiger partial charge in [0.1, 0.15) is 17.7 Å². The Kier molecular flexibility index (Phi) is 6.44. The van der Waals surface area contributed by atoms with E-state index in [9.17, 15) is 18.8 Å². The Labute approximate surface area is 193 Å². The van der Waals surface area contributed by atoms with E-state index in [2.05, 4.69) is 35.9 Å². The highest BCUT2D eigenvalue weighted by molar-refractivity contribution is 5.69. The molecule has 4 N–H and O–H groups in total. The van der Waals surface area contributed by atoms with E-state index in [-0.39, 0.29) is 30.2 Å². The van der Waals surface area contributed by atoms with Gasteiger partial charge in [0.25, 0.3) is 5.92 Å². The number of halogens is 2. The lowest BCUT2D eigenvalue weighted by Gasteiger charge is -2.38. The number of anilines is 3. The number of carboxylic acid groups (broad SMARTS) is 1. The monoisotopic (exact) mass is 466 g/mol. The number of hydrogen-bond acceptors (Lipinski definition) is 8. The summed E-state index contributed by atoms with van der Waals surface area (Å²) in [5.74, 6) is -2.73. The van der Waals surface area contributed by atoms with Crippen molar-refractivity contribution >= 4 is 23.5 Å². The molecule has 0 spiro atoms. The zero-order valence-corrected chi connectivity index (χ0v) is 17.7. The highest BCUT2D eigenvalue weighted by atomic mass is 19.3. The molecule has 1 saturated carbocycles. The highest BCUT2D eigenvalue weighted by Gasteiger charge is 2.48. The molecule has 1 fully saturated rings. The quantitative estimate of drug-likeness (QED) is 0.426. The van der Waals surface area contributed by atoms with Crippen LogP contribution in [0.3, 0.4) is 0 Å². The van der Waals surface area contributed by atoms with Crippen LogP contribution in [0.1, 0.15) is 24.8 Å². The predicted octanol–water partition coefficient (Wildman–Crippen LogP) is 3.78. The molecule has 2 atom stereocenters. The van der Waals surface area contributed by atoms with Gasteiger partial charge in [0.2, 0.25) is 5.95 Å². The third kappa shape index (κ3) is 5.15. The van der Waals surface area contributed by atoms with Gasteiger partial charge in [-0.25, -0.2) is 28.5 Å². The zero-order valence-electron chi connectivity index (χ0n) is 17.7. The molecule has 12 heteroatoms. The molecule has 0 unspecified atom stereocenters. The van der Waals surface area contributed by atoms with Crippen molar-refractivity contribution < 1.29 is 18.7 Å². The van der Waals surface area contributed by atoms with Gasteiger partial charge >= 0.3 is 6.09 Å². The second kappa shape index (κ2) is 9.62. The van der Waals surface area contributed by atoms with E-state index in [1.165, 1.54) is 6.20 Å². The lowest BCUT2D eigenvalue weighted by Crippen LogP contribution is -2.57. The topological polar surface area (TPSA) is 149 Å². The van der Waals surface area contributed by atoms with E-state index in [1.807, 2.05) is 12.1 Å². The van der Waals surface area contributed by atoms with Crippen LogP contribution in [0, 0.1) is 11.3 Å². The molecule has 34 heavy (non-hydrogen) atoms. The number of amides is 1. The lowest BCUT2D eigenvalue weighted by atomic mass is 9.87. The molecule has 1 amide bonds. The zero-order chi connectivity index (χ0) is 24.1. The summed E-state index contributed by atoms with van der Waals surface area (Å²) >= 11 is 0. The second-order valence-electron chi connectivity index (χ2n) is 7.68. The molecule has 2 heterocycles.